The van der Waals surface area contributed by atoms with Crippen molar-refractivity contribution in [3.8, 4) is 0 Å². The van der Waals surface area contributed by atoms with Crippen LogP contribution in [0.15, 0.2) is 46.0 Å². The minimum atomic E-state index is -0.255. The van der Waals surface area contributed by atoms with Gasteiger partial charge in [-0.05, 0) is 45.8 Å². The first-order chi connectivity index (χ1) is 8.16. The third-order valence-corrected chi connectivity index (χ3v) is 4.19. The summed E-state index contributed by atoms with van der Waals surface area (Å²) >= 11 is 10.7. The molecule has 0 fully saturated rings. The molecular formula is C12H8BrClFNS. The number of pyridine rings is 1. The Bertz CT molecular complexity index is 536. The molecule has 2 rings (SSSR count). The van der Waals surface area contributed by atoms with E-state index in [-0.39, 0.29) is 5.82 Å². The molecule has 17 heavy (non-hydrogen) atoms. The molecule has 0 atom stereocenters. The first-order valence-corrected chi connectivity index (χ1v) is 7.00. The highest BCUT2D eigenvalue weighted by Crippen LogP contribution is 2.28. The molecule has 2 aromatic rings. The summed E-state index contributed by atoms with van der Waals surface area (Å²) in [6, 6.07) is 8.56. The molecule has 0 aliphatic heterocycles. The molecule has 0 saturated heterocycles. The molecule has 88 valence electrons. The first kappa shape index (κ1) is 12.9. The normalized spacial score (nSPS) is 10.5. The number of benzene rings is 1. The Morgan fingerprint density at radius 1 is 1.35 bits per heavy atom. The summed E-state index contributed by atoms with van der Waals surface area (Å²) in [6.07, 6.45) is 1.70. The van der Waals surface area contributed by atoms with Gasteiger partial charge in [0.2, 0.25) is 0 Å². The van der Waals surface area contributed by atoms with Crippen molar-refractivity contribution in [2.45, 2.75) is 10.8 Å². The van der Waals surface area contributed by atoms with Crippen molar-refractivity contribution >= 4 is 39.3 Å². The van der Waals surface area contributed by atoms with Crippen molar-refractivity contribution in [3.05, 3.63) is 57.4 Å². The summed E-state index contributed by atoms with van der Waals surface area (Å²) in [7, 11) is 0. The Morgan fingerprint density at radius 2 is 2.18 bits per heavy atom. The zero-order valence-corrected chi connectivity index (χ0v) is 11.8. The van der Waals surface area contributed by atoms with E-state index >= 15 is 0 Å². The van der Waals surface area contributed by atoms with E-state index in [0.29, 0.717) is 15.2 Å². The van der Waals surface area contributed by atoms with Gasteiger partial charge in [0, 0.05) is 11.9 Å². The van der Waals surface area contributed by atoms with Crippen LogP contribution in [0.2, 0.25) is 5.02 Å². The van der Waals surface area contributed by atoms with Crippen LogP contribution in [0, 0.1) is 5.82 Å². The molecule has 1 heterocycles. The molecule has 1 nitrogen and oxygen atoms in total. The molecule has 0 aliphatic carbocycles. The molecule has 0 amide bonds. The van der Waals surface area contributed by atoms with Gasteiger partial charge in [0.25, 0.3) is 0 Å². The van der Waals surface area contributed by atoms with Crippen LogP contribution < -0.4 is 0 Å². The van der Waals surface area contributed by atoms with Gasteiger partial charge in [0.05, 0.1) is 9.50 Å². The van der Waals surface area contributed by atoms with Crippen molar-refractivity contribution < 1.29 is 4.39 Å². The minimum absolute atomic E-state index is 0.255. The Morgan fingerprint density at radius 3 is 2.88 bits per heavy atom. The molecule has 0 saturated carbocycles. The molecular weight excluding hydrogens is 325 g/mol. The van der Waals surface area contributed by atoms with Gasteiger partial charge in [-0.3, -0.25) is 0 Å². The van der Waals surface area contributed by atoms with Gasteiger partial charge in [-0.2, -0.15) is 0 Å². The Hall–Kier alpha value is -0.580. The number of rotatable bonds is 3. The van der Waals surface area contributed by atoms with Crippen LogP contribution in [0.1, 0.15) is 5.56 Å². The number of aromatic nitrogens is 1. The number of thioether (sulfide) groups is 1. The highest BCUT2D eigenvalue weighted by atomic mass is 79.9. The second-order valence-corrected chi connectivity index (χ2v) is 5.55. The van der Waals surface area contributed by atoms with Crippen LogP contribution in [0.25, 0.3) is 0 Å². The summed E-state index contributed by atoms with van der Waals surface area (Å²) in [5.41, 5.74) is 1.02. The van der Waals surface area contributed by atoms with Gasteiger partial charge in [-0.25, -0.2) is 9.37 Å². The van der Waals surface area contributed by atoms with E-state index < -0.39 is 0 Å². The predicted molar refractivity (Wildman–Crippen MR) is 72.9 cm³/mol. The molecule has 0 spiro atoms. The summed E-state index contributed by atoms with van der Waals surface area (Å²) in [5, 5.41) is 1.42. The number of hydrogen-bond acceptors (Lipinski definition) is 2. The molecule has 1 aromatic carbocycles. The lowest BCUT2D eigenvalue weighted by Crippen LogP contribution is -1.86. The van der Waals surface area contributed by atoms with E-state index in [2.05, 4.69) is 20.9 Å². The predicted octanol–water partition coefficient (Wildman–Crippen LogP) is 4.93. The molecule has 0 unspecified atom stereocenters. The van der Waals surface area contributed by atoms with E-state index in [1.807, 2.05) is 0 Å². The van der Waals surface area contributed by atoms with Gasteiger partial charge in [0.15, 0.2) is 0 Å². The highest BCUT2D eigenvalue weighted by molar-refractivity contribution is 9.10. The van der Waals surface area contributed by atoms with E-state index in [4.69, 9.17) is 11.6 Å². The van der Waals surface area contributed by atoms with Gasteiger partial charge in [-0.1, -0.05) is 17.7 Å². The van der Waals surface area contributed by atoms with E-state index in [1.54, 1.807) is 30.5 Å². The summed E-state index contributed by atoms with van der Waals surface area (Å²) < 4.78 is 13.5. The van der Waals surface area contributed by atoms with Gasteiger partial charge in [-0.15, -0.1) is 11.8 Å². The van der Waals surface area contributed by atoms with Crippen LogP contribution in [0.5, 0.6) is 0 Å². The van der Waals surface area contributed by atoms with E-state index in [9.17, 15) is 4.39 Å². The molecule has 0 radical (unpaired) electrons. The number of nitrogens with zero attached hydrogens (tertiary/aromatic N) is 1. The third-order valence-electron chi connectivity index (χ3n) is 2.08. The minimum Gasteiger partial charge on any atom is -0.248 e. The van der Waals surface area contributed by atoms with Crippen LogP contribution >= 0.6 is 39.3 Å². The quantitative estimate of drug-likeness (QED) is 0.739. The smallest absolute Gasteiger partial charge is 0.137 e. The third kappa shape index (κ3) is 3.44. The monoisotopic (exact) mass is 331 g/mol. The van der Waals surface area contributed by atoms with Crippen molar-refractivity contribution in [1.29, 1.82) is 0 Å². The van der Waals surface area contributed by atoms with Crippen LogP contribution in [0.3, 0.4) is 0 Å². The zero-order valence-electron chi connectivity index (χ0n) is 8.66. The van der Waals surface area contributed by atoms with Crippen LogP contribution in [0.4, 0.5) is 4.39 Å². The van der Waals surface area contributed by atoms with Crippen LogP contribution in [-0.4, -0.2) is 4.98 Å². The first-order valence-electron chi connectivity index (χ1n) is 4.84. The molecule has 5 heteroatoms. The largest absolute Gasteiger partial charge is 0.248 e. The van der Waals surface area contributed by atoms with Crippen molar-refractivity contribution in [3.63, 3.8) is 0 Å². The maximum atomic E-state index is 13.0. The molecule has 0 aliphatic rings. The van der Waals surface area contributed by atoms with Crippen LogP contribution in [-0.2, 0) is 5.75 Å². The average molecular weight is 333 g/mol. The number of hydrogen-bond donors (Lipinski definition) is 0. The Labute approximate surface area is 117 Å². The molecule has 1 aromatic heterocycles. The standard InChI is InChI=1S/C12H8BrClFNS/c13-9-6-8(3-4-11(9)15)7-17-12-10(14)2-1-5-16-12/h1-6H,7H2. The number of halogens is 3. The zero-order chi connectivity index (χ0) is 12.3. The topological polar surface area (TPSA) is 12.9 Å². The fourth-order valence-electron chi connectivity index (χ4n) is 1.26. The maximum Gasteiger partial charge on any atom is 0.137 e. The van der Waals surface area contributed by atoms with Crippen molar-refractivity contribution in [2.24, 2.45) is 0 Å². The van der Waals surface area contributed by atoms with E-state index in [1.165, 1.54) is 17.8 Å². The lowest BCUT2D eigenvalue weighted by molar-refractivity contribution is 0.620. The molecule has 0 N–H and O–H groups in total. The fraction of sp³-hybridized carbons (Fsp3) is 0.0833. The van der Waals surface area contributed by atoms with Crippen molar-refractivity contribution in [2.75, 3.05) is 0 Å². The fourth-order valence-corrected chi connectivity index (χ4v) is 2.79. The average Bonchev–Trinajstić information content (AvgIpc) is 2.32. The second-order valence-electron chi connectivity index (χ2n) is 3.33. The lowest BCUT2D eigenvalue weighted by atomic mass is 10.2. The van der Waals surface area contributed by atoms with Crippen molar-refractivity contribution in [1.82, 2.24) is 4.98 Å². The van der Waals surface area contributed by atoms with Gasteiger partial charge in [0.1, 0.15) is 10.8 Å². The highest BCUT2D eigenvalue weighted by Gasteiger charge is 2.04. The second kappa shape index (κ2) is 5.85. The van der Waals surface area contributed by atoms with Gasteiger partial charge < -0.3 is 0 Å². The summed E-state index contributed by atoms with van der Waals surface area (Å²) in [5.74, 6) is 0.449. The Balaban J connectivity index is 2.08. The van der Waals surface area contributed by atoms with E-state index in [0.717, 1.165) is 10.6 Å². The lowest BCUT2D eigenvalue weighted by Gasteiger charge is -2.04. The van der Waals surface area contributed by atoms with Gasteiger partial charge >= 0.3 is 0 Å². The summed E-state index contributed by atoms with van der Waals surface area (Å²) in [4.78, 5) is 4.18. The molecule has 0 bridgehead atoms. The summed E-state index contributed by atoms with van der Waals surface area (Å²) in [6.45, 7) is 0. The SMILES string of the molecule is Fc1ccc(CSc2ncccc2Cl)cc1Br. The Kier molecular flexibility index (Phi) is 4.42. The maximum absolute atomic E-state index is 13.0.